The highest BCUT2D eigenvalue weighted by Crippen LogP contribution is 2.48. The maximum Gasteiger partial charge on any atom is 0.164 e. The highest BCUT2D eigenvalue weighted by molar-refractivity contribution is 5.88. The molecule has 2 fully saturated rings. The van der Waals surface area contributed by atoms with E-state index in [1.165, 1.54) is 0 Å². The molecule has 2 unspecified atom stereocenters. The molecule has 2 aromatic heterocycles. The molecule has 6 nitrogen and oxygen atoms in total. The number of anilines is 1. The fourth-order valence-corrected chi connectivity index (χ4v) is 4.79. The first-order valence-electron chi connectivity index (χ1n) is 9.39. The largest absolute Gasteiger partial charge is 0.495 e. The molecule has 138 valence electrons. The minimum atomic E-state index is -0.775. The number of piperidine rings is 1. The molecule has 1 N–H and O–H groups in total. The summed E-state index contributed by atoms with van der Waals surface area (Å²) in [7, 11) is 1.64. The number of ether oxygens (including phenoxy) is 1. The summed E-state index contributed by atoms with van der Waals surface area (Å²) in [6, 6.07) is 12.5. The van der Waals surface area contributed by atoms with Gasteiger partial charge in [0.1, 0.15) is 17.9 Å². The van der Waals surface area contributed by atoms with E-state index in [1.54, 1.807) is 19.6 Å². The van der Waals surface area contributed by atoms with E-state index in [4.69, 9.17) is 4.74 Å². The van der Waals surface area contributed by atoms with Crippen molar-refractivity contribution < 1.29 is 9.84 Å². The number of hydrogen-bond acceptors (Lipinski definition) is 6. The van der Waals surface area contributed by atoms with Crippen LogP contribution in [0.25, 0.3) is 11.0 Å². The van der Waals surface area contributed by atoms with E-state index in [0.29, 0.717) is 24.2 Å². The van der Waals surface area contributed by atoms with Gasteiger partial charge in [-0.25, -0.2) is 15.0 Å². The van der Waals surface area contributed by atoms with Gasteiger partial charge in [0.2, 0.25) is 0 Å². The number of nitrogens with zero attached hydrogens (tertiary/aromatic N) is 4. The first kappa shape index (κ1) is 16.4. The van der Waals surface area contributed by atoms with Crippen LogP contribution in [0.3, 0.4) is 0 Å². The van der Waals surface area contributed by atoms with Crippen LogP contribution in [0.5, 0.6) is 5.75 Å². The third kappa shape index (κ3) is 2.63. The van der Waals surface area contributed by atoms with Crippen molar-refractivity contribution in [1.82, 2.24) is 15.0 Å². The first-order valence-corrected chi connectivity index (χ1v) is 9.39. The number of rotatable bonds is 3. The monoisotopic (exact) mass is 362 g/mol. The van der Waals surface area contributed by atoms with Crippen molar-refractivity contribution in [2.75, 3.05) is 12.0 Å². The van der Waals surface area contributed by atoms with Gasteiger partial charge in [-0.1, -0.05) is 30.3 Å². The van der Waals surface area contributed by atoms with E-state index in [2.05, 4.69) is 19.9 Å². The van der Waals surface area contributed by atoms with Crippen LogP contribution in [0.4, 0.5) is 5.82 Å². The minimum absolute atomic E-state index is 0.248. The second-order valence-electron chi connectivity index (χ2n) is 7.54. The lowest BCUT2D eigenvalue weighted by molar-refractivity contribution is -0.00312. The number of fused-ring (bicyclic) bond motifs is 3. The Hall–Kier alpha value is -2.73. The molecule has 0 saturated carbocycles. The third-order valence-corrected chi connectivity index (χ3v) is 6.00. The molecule has 2 aliphatic heterocycles. The lowest BCUT2D eigenvalue weighted by Crippen LogP contribution is -2.50. The predicted octanol–water partition coefficient (Wildman–Crippen LogP) is 3.05. The second kappa shape index (κ2) is 6.16. The smallest absolute Gasteiger partial charge is 0.164 e. The molecule has 6 heteroatoms. The topological polar surface area (TPSA) is 71.4 Å². The molecule has 27 heavy (non-hydrogen) atoms. The summed E-state index contributed by atoms with van der Waals surface area (Å²) in [5.74, 6) is 1.60. The number of benzene rings is 1. The Morgan fingerprint density at radius 1 is 1.07 bits per heavy atom. The number of pyridine rings is 1. The van der Waals surface area contributed by atoms with Gasteiger partial charge in [0.25, 0.3) is 0 Å². The van der Waals surface area contributed by atoms with Gasteiger partial charge >= 0.3 is 0 Å². The summed E-state index contributed by atoms with van der Waals surface area (Å²) < 4.78 is 5.35. The average molecular weight is 362 g/mol. The Labute approximate surface area is 157 Å². The van der Waals surface area contributed by atoms with Gasteiger partial charge in [-0.3, -0.25) is 0 Å². The fraction of sp³-hybridized carbons (Fsp3) is 0.381. The third-order valence-electron chi connectivity index (χ3n) is 6.00. The van der Waals surface area contributed by atoms with Crippen molar-refractivity contribution in [2.24, 2.45) is 0 Å². The van der Waals surface area contributed by atoms with Crippen LogP contribution in [0.2, 0.25) is 0 Å². The molecule has 4 heterocycles. The molecule has 1 aromatic carbocycles. The first-order chi connectivity index (χ1) is 13.2. The van der Waals surface area contributed by atoms with Gasteiger partial charge in [0.05, 0.1) is 24.3 Å². The average Bonchev–Trinajstić information content (AvgIpc) is 2.99. The molecular weight excluding hydrogens is 340 g/mol. The summed E-state index contributed by atoms with van der Waals surface area (Å²) in [4.78, 5) is 15.7. The Morgan fingerprint density at radius 3 is 2.52 bits per heavy atom. The minimum Gasteiger partial charge on any atom is -0.495 e. The Morgan fingerprint density at radius 2 is 1.81 bits per heavy atom. The zero-order valence-electron chi connectivity index (χ0n) is 15.2. The van der Waals surface area contributed by atoms with Crippen molar-refractivity contribution in [2.45, 2.75) is 43.4 Å². The maximum absolute atomic E-state index is 11.4. The lowest BCUT2D eigenvalue weighted by Gasteiger charge is -2.45. The standard InChI is InChI=1S/C21H22N4O2/c1-27-17-9-18-19(22-12-17)23-13-24-20(18)25-15-7-8-16(25)11-21(26,10-15)14-5-3-2-4-6-14/h2-6,9,12-13,15-16,26H,7-8,10-11H2,1H3. The van der Waals surface area contributed by atoms with Gasteiger partial charge in [0.15, 0.2) is 5.65 Å². The molecule has 2 saturated heterocycles. The van der Waals surface area contributed by atoms with Crippen LogP contribution < -0.4 is 9.64 Å². The predicted molar refractivity (Wildman–Crippen MR) is 103 cm³/mol. The van der Waals surface area contributed by atoms with E-state index >= 15 is 0 Å². The van der Waals surface area contributed by atoms with Crippen molar-refractivity contribution >= 4 is 16.9 Å². The zero-order valence-corrected chi connectivity index (χ0v) is 15.2. The quantitative estimate of drug-likeness (QED) is 0.772. The molecule has 0 aliphatic carbocycles. The van der Waals surface area contributed by atoms with Crippen molar-refractivity contribution in [3.8, 4) is 5.75 Å². The molecule has 2 aliphatic rings. The maximum atomic E-state index is 11.4. The lowest BCUT2D eigenvalue weighted by atomic mass is 9.80. The van der Waals surface area contributed by atoms with Crippen molar-refractivity contribution in [3.05, 3.63) is 54.5 Å². The summed E-state index contributed by atoms with van der Waals surface area (Å²) in [6.07, 6.45) is 6.78. The van der Waals surface area contributed by atoms with E-state index in [9.17, 15) is 5.11 Å². The van der Waals surface area contributed by atoms with Crippen LogP contribution >= 0.6 is 0 Å². The summed E-state index contributed by atoms with van der Waals surface area (Å²) >= 11 is 0. The molecule has 5 rings (SSSR count). The van der Waals surface area contributed by atoms with Crippen LogP contribution in [0.1, 0.15) is 31.2 Å². The van der Waals surface area contributed by atoms with E-state index < -0.39 is 5.60 Å². The summed E-state index contributed by atoms with van der Waals surface area (Å²) in [5, 5.41) is 12.3. The van der Waals surface area contributed by atoms with Gasteiger partial charge in [-0.05, 0) is 24.5 Å². The van der Waals surface area contributed by atoms with Gasteiger partial charge in [0, 0.05) is 24.9 Å². The summed E-state index contributed by atoms with van der Waals surface area (Å²) in [5.41, 5.74) is 0.907. The number of aliphatic hydroxyl groups is 1. The molecule has 3 aromatic rings. The molecule has 2 atom stereocenters. The highest BCUT2D eigenvalue weighted by Gasteiger charge is 2.49. The normalized spacial score (nSPS) is 27.1. The fourth-order valence-electron chi connectivity index (χ4n) is 4.79. The Bertz CT molecular complexity index is 964. The number of methoxy groups -OCH3 is 1. The van der Waals surface area contributed by atoms with Crippen LogP contribution in [-0.2, 0) is 5.60 Å². The Balaban J connectivity index is 1.54. The zero-order chi connectivity index (χ0) is 18.4. The van der Waals surface area contributed by atoms with Crippen LogP contribution in [0.15, 0.2) is 48.9 Å². The number of aromatic nitrogens is 3. The highest BCUT2D eigenvalue weighted by atomic mass is 16.5. The van der Waals surface area contributed by atoms with Crippen LogP contribution in [0, 0.1) is 0 Å². The molecule has 0 spiro atoms. The molecule has 0 amide bonds. The van der Waals surface area contributed by atoms with Gasteiger partial charge < -0.3 is 14.7 Å². The second-order valence-corrected chi connectivity index (χ2v) is 7.54. The summed E-state index contributed by atoms with van der Waals surface area (Å²) in [6.45, 7) is 0. The molecule has 2 bridgehead atoms. The Kier molecular flexibility index (Phi) is 3.75. The van der Waals surface area contributed by atoms with Crippen molar-refractivity contribution in [3.63, 3.8) is 0 Å². The van der Waals surface area contributed by atoms with E-state index in [0.717, 1.165) is 29.6 Å². The SMILES string of the molecule is COc1cnc2ncnc(N3C4CCC3CC(O)(c3ccccc3)C4)c2c1. The number of hydrogen-bond donors (Lipinski definition) is 1. The molecule has 0 radical (unpaired) electrons. The van der Waals surface area contributed by atoms with Gasteiger partial charge in [-0.2, -0.15) is 0 Å². The van der Waals surface area contributed by atoms with Gasteiger partial charge in [-0.15, -0.1) is 0 Å². The van der Waals surface area contributed by atoms with E-state index in [-0.39, 0.29) is 12.1 Å². The van der Waals surface area contributed by atoms with Crippen LogP contribution in [-0.4, -0.2) is 39.3 Å². The van der Waals surface area contributed by atoms with Crippen molar-refractivity contribution in [1.29, 1.82) is 0 Å². The van der Waals surface area contributed by atoms with E-state index in [1.807, 2.05) is 36.4 Å². The molecular formula is C21H22N4O2.